The van der Waals surface area contributed by atoms with Gasteiger partial charge in [-0.05, 0) is 74.9 Å². The highest BCUT2D eigenvalue weighted by Crippen LogP contribution is 2.28. The molecule has 0 spiro atoms. The van der Waals surface area contributed by atoms with E-state index in [9.17, 15) is 0 Å². The van der Waals surface area contributed by atoms with Crippen molar-refractivity contribution in [3.8, 4) is 11.5 Å². The summed E-state index contributed by atoms with van der Waals surface area (Å²) in [6.07, 6.45) is 3.17. The number of ether oxygens (including phenoxy) is 2. The Balaban J connectivity index is 1.67. The zero-order valence-electron chi connectivity index (χ0n) is 18.3. The number of benzene rings is 2. The van der Waals surface area contributed by atoms with Crippen molar-refractivity contribution in [2.45, 2.75) is 31.8 Å². The van der Waals surface area contributed by atoms with Gasteiger partial charge in [0.15, 0.2) is 16.6 Å². The Hall–Kier alpha value is -2.31. The largest absolute Gasteiger partial charge is 0.493 e. The van der Waals surface area contributed by atoms with Crippen LogP contribution in [-0.2, 0) is 13.0 Å². The van der Waals surface area contributed by atoms with E-state index in [1.807, 2.05) is 12.1 Å². The molecule has 0 unspecified atom stereocenters. The molecule has 1 aliphatic heterocycles. The minimum Gasteiger partial charge on any atom is -0.493 e. The van der Waals surface area contributed by atoms with Gasteiger partial charge in [-0.1, -0.05) is 36.4 Å². The van der Waals surface area contributed by atoms with Gasteiger partial charge in [-0.25, -0.2) is 0 Å². The quantitative estimate of drug-likeness (QED) is 0.647. The molecule has 0 bridgehead atoms. The van der Waals surface area contributed by atoms with E-state index < -0.39 is 0 Å². The molecule has 5 nitrogen and oxygen atoms in total. The smallest absolute Gasteiger partial charge is 0.169 e. The Labute approximate surface area is 186 Å². The van der Waals surface area contributed by atoms with Crippen LogP contribution in [0.5, 0.6) is 11.5 Å². The van der Waals surface area contributed by atoms with Gasteiger partial charge in [-0.2, -0.15) is 0 Å². The maximum absolute atomic E-state index is 5.84. The molecule has 1 fully saturated rings. The molecule has 162 valence electrons. The van der Waals surface area contributed by atoms with Crippen LogP contribution in [0.1, 0.15) is 24.0 Å². The topological polar surface area (TPSA) is 37.0 Å². The summed E-state index contributed by atoms with van der Waals surface area (Å²) >= 11 is 5.84. The van der Waals surface area contributed by atoms with Crippen LogP contribution in [-0.4, -0.2) is 61.9 Å². The van der Waals surface area contributed by atoms with Gasteiger partial charge in [0, 0.05) is 19.1 Å². The van der Waals surface area contributed by atoms with Crippen LogP contribution < -0.4 is 14.8 Å². The average Bonchev–Trinajstić information content (AvgIpc) is 2.79. The fourth-order valence-corrected chi connectivity index (χ4v) is 4.23. The second-order valence-corrected chi connectivity index (χ2v) is 8.20. The number of piperidine rings is 1. The van der Waals surface area contributed by atoms with Crippen molar-refractivity contribution in [1.82, 2.24) is 15.1 Å². The number of nitrogens with zero attached hydrogens (tertiary/aromatic N) is 2. The van der Waals surface area contributed by atoms with Crippen molar-refractivity contribution in [2.24, 2.45) is 0 Å². The van der Waals surface area contributed by atoms with Crippen molar-refractivity contribution in [3.05, 3.63) is 59.7 Å². The lowest BCUT2D eigenvalue weighted by molar-refractivity contribution is 0.175. The molecule has 1 aliphatic rings. The summed E-state index contributed by atoms with van der Waals surface area (Å²) in [5.41, 5.74) is 2.46. The van der Waals surface area contributed by atoms with E-state index in [-0.39, 0.29) is 0 Å². The summed E-state index contributed by atoms with van der Waals surface area (Å²) in [4.78, 5) is 4.78. The number of nitrogens with one attached hydrogen (secondary N) is 1. The highest BCUT2D eigenvalue weighted by molar-refractivity contribution is 7.80. The zero-order valence-corrected chi connectivity index (χ0v) is 19.1. The van der Waals surface area contributed by atoms with E-state index in [4.69, 9.17) is 21.7 Å². The standard InChI is InChI=1S/C24H33N3O2S/c1-26-14-12-21(13-15-26)27(24(30)25-18-20-7-5-4-6-8-20)16-11-19-9-10-22(28-2)23(17-19)29-3/h4-10,17,21H,11-16,18H2,1-3H3,(H,25,30). The number of likely N-dealkylation sites (tertiary alicyclic amines) is 1. The number of thiocarbonyl (C=S) groups is 1. The first-order chi connectivity index (χ1) is 14.6. The Bertz CT molecular complexity index is 807. The van der Waals surface area contributed by atoms with Crippen LogP contribution in [0.15, 0.2) is 48.5 Å². The first-order valence-corrected chi connectivity index (χ1v) is 11.0. The lowest BCUT2D eigenvalue weighted by Gasteiger charge is -2.39. The summed E-state index contributed by atoms with van der Waals surface area (Å²) in [6.45, 7) is 3.85. The maximum atomic E-state index is 5.84. The van der Waals surface area contributed by atoms with E-state index in [2.05, 4.69) is 58.6 Å². The van der Waals surface area contributed by atoms with Gasteiger partial charge in [-0.3, -0.25) is 0 Å². The van der Waals surface area contributed by atoms with Crippen LogP contribution in [0.25, 0.3) is 0 Å². The van der Waals surface area contributed by atoms with Crippen molar-refractivity contribution in [1.29, 1.82) is 0 Å². The number of hydrogen-bond donors (Lipinski definition) is 1. The Morgan fingerprint density at radius 3 is 2.40 bits per heavy atom. The highest BCUT2D eigenvalue weighted by Gasteiger charge is 2.25. The van der Waals surface area contributed by atoms with Crippen LogP contribution in [0, 0.1) is 0 Å². The molecule has 0 aliphatic carbocycles. The van der Waals surface area contributed by atoms with Gasteiger partial charge in [0.05, 0.1) is 14.2 Å². The molecule has 1 heterocycles. The van der Waals surface area contributed by atoms with E-state index in [1.165, 1.54) is 11.1 Å². The van der Waals surface area contributed by atoms with Crippen LogP contribution >= 0.6 is 12.2 Å². The van der Waals surface area contributed by atoms with Gasteiger partial charge < -0.3 is 24.6 Å². The lowest BCUT2D eigenvalue weighted by Crippen LogP contribution is -2.50. The molecule has 1 N–H and O–H groups in total. The summed E-state index contributed by atoms with van der Waals surface area (Å²) < 4.78 is 10.8. The fourth-order valence-electron chi connectivity index (χ4n) is 3.92. The monoisotopic (exact) mass is 427 g/mol. The zero-order chi connectivity index (χ0) is 21.3. The normalized spacial score (nSPS) is 14.9. The highest BCUT2D eigenvalue weighted by atomic mass is 32.1. The minimum atomic E-state index is 0.470. The van der Waals surface area contributed by atoms with E-state index in [0.717, 1.165) is 62.1 Å². The molecular formula is C24H33N3O2S. The summed E-state index contributed by atoms with van der Waals surface area (Å²) in [6, 6.07) is 17.0. The van der Waals surface area contributed by atoms with Gasteiger partial charge in [0.1, 0.15) is 0 Å². The third-order valence-corrected chi connectivity index (χ3v) is 6.14. The van der Waals surface area contributed by atoms with Gasteiger partial charge in [0.25, 0.3) is 0 Å². The number of rotatable bonds is 8. The molecule has 2 aromatic carbocycles. The summed E-state index contributed by atoms with van der Waals surface area (Å²) in [5, 5.41) is 4.33. The third-order valence-electron chi connectivity index (χ3n) is 5.77. The van der Waals surface area contributed by atoms with Crippen molar-refractivity contribution in [2.75, 3.05) is 40.9 Å². The third kappa shape index (κ3) is 6.09. The summed E-state index contributed by atoms with van der Waals surface area (Å²) in [7, 11) is 5.53. The molecule has 2 aromatic rings. The van der Waals surface area contributed by atoms with E-state index in [1.54, 1.807) is 14.2 Å². The maximum Gasteiger partial charge on any atom is 0.169 e. The predicted octanol–water partition coefficient (Wildman–Crippen LogP) is 3.72. The second-order valence-electron chi connectivity index (χ2n) is 7.81. The number of hydrogen-bond acceptors (Lipinski definition) is 4. The SMILES string of the molecule is COc1ccc(CCN(C(=S)NCc2ccccc2)C2CCN(C)CC2)cc1OC. The minimum absolute atomic E-state index is 0.470. The molecule has 0 amide bonds. The van der Waals surface area contributed by atoms with Crippen molar-refractivity contribution < 1.29 is 9.47 Å². The van der Waals surface area contributed by atoms with Crippen LogP contribution in [0.2, 0.25) is 0 Å². The van der Waals surface area contributed by atoms with Gasteiger partial charge in [-0.15, -0.1) is 0 Å². The number of methoxy groups -OCH3 is 2. The lowest BCUT2D eigenvalue weighted by atomic mass is 10.0. The van der Waals surface area contributed by atoms with Crippen molar-refractivity contribution >= 4 is 17.3 Å². The second kappa shape index (κ2) is 11.2. The molecular weight excluding hydrogens is 394 g/mol. The first-order valence-electron chi connectivity index (χ1n) is 10.6. The molecule has 0 aromatic heterocycles. The Kier molecular flexibility index (Phi) is 8.34. The Morgan fingerprint density at radius 1 is 1.03 bits per heavy atom. The first kappa shape index (κ1) is 22.4. The van der Waals surface area contributed by atoms with E-state index >= 15 is 0 Å². The molecule has 1 saturated heterocycles. The molecule has 0 atom stereocenters. The van der Waals surface area contributed by atoms with Crippen LogP contribution in [0.4, 0.5) is 0 Å². The summed E-state index contributed by atoms with van der Waals surface area (Å²) in [5.74, 6) is 1.53. The molecule has 0 saturated carbocycles. The van der Waals surface area contributed by atoms with Gasteiger partial charge in [0.2, 0.25) is 0 Å². The fraction of sp³-hybridized carbons (Fsp3) is 0.458. The van der Waals surface area contributed by atoms with E-state index in [0.29, 0.717) is 6.04 Å². The van der Waals surface area contributed by atoms with Gasteiger partial charge >= 0.3 is 0 Å². The molecule has 0 radical (unpaired) electrons. The molecule has 6 heteroatoms. The van der Waals surface area contributed by atoms with Crippen LogP contribution in [0.3, 0.4) is 0 Å². The predicted molar refractivity (Wildman–Crippen MR) is 126 cm³/mol. The van der Waals surface area contributed by atoms with Crippen molar-refractivity contribution in [3.63, 3.8) is 0 Å². The molecule has 30 heavy (non-hydrogen) atoms. The Morgan fingerprint density at radius 2 is 1.73 bits per heavy atom. The average molecular weight is 428 g/mol. The molecule has 3 rings (SSSR count).